The third-order valence-electron chi connectivity index (χ3n) is 2.33. The van der Waals surface area contributed by atoms with E-state index in [-0.39, 0.29) is 0 Å². The van der Waals surface area contributed by atoms with E-state index in [0.717, 1.165) is 11.1 Å². The summed E-state index contributed by atoms with van der Waals surface area (Å²) in [5.41, 5.74) is 1.58. The van der Waals surface area contributed by atoms with E-state index < -0.39 is 18.0 Å². The van der Waals surface area contributed by atoms with Crippen LogP contribution in [0.1, 0.15) is 33.6 Å². The van der Waals surface area contributed by atoms with E-state index in [4.69, 9.17) is 5.11 Å². The van der Waals surface area contributed by atoms with Crippen molar-refractivity contribution in [2.75, 3.05) is 0 Å². The van der Waals surface area contributed by atoms with Gasteiger partial charge in [0.25, 0.3) is 0 Å². The molecule has 0 aliphatic rings. The molecule has 3 nitrogen and oxygen atoms in total. The Morgan fingerprint density at radius 1 is 1.53 bits per heavy atom. The molecule has 0 saturated heterocycles. The third-order valence-corrected chi connectivity index (χ3v) is 2.33. The number of aliphatic hydroxyl groups is 1. The van der Waals surface area contributed by atoms with Crippen molar-refractivity contribution >= 4 is 5.97 Å². The monoisotopic (exact) mass is 212 g/mol. The van der Waals surface area contributed by atoms with Crippen LogP contribution in [0.4, 0.5) is 0 Å². The van der Waals surface area contributed by atoms with Crippen molar-refractivity contribution in [2.45, 2.75) is 39.7 Å². The molecule has 0 aromatic heterocycles. The summed E-state index contributed by atoms with van der Waals surface area (Å²) in [6, 6.07) is 0. The van der Waals surface area contributed by atoms with E-state index >= 15 is 0 Å². The van der Waals surface area contributed by atoms with Gasteiger partial charge in [0.2, 0.25) is 0 Å². The molecule has 0 spiro atoms. The molecule has 0 amide bonds. The number of carboxylic acid groups (broad SMARTS) is 1. The molecule has 3 heteroatoms. The fourth-order valence-electron chi connectivity index (χ4n) is 1.28. The zero-order valence-electron chi connectivity index (χ0n) is 9.66. The van der Waals surface area contributed by atoms with E-state index in [1.165, 1.54) is 0 Å². The van der Waals surface area contributed by atoms with Crippen LogP contribution in [0.15, 0.2) is 23.8 Å². The number of hydrogen-bond donors (Lipinski definition) is 2. The molecule has 0 rings (SSSR count). The number of aliphatic carboxylic acids is 1. The molecule has 15 heavy (non-hydrogen) atoms. The van der Waals surface area contributed by atoms with Gasteiger partial charge in [0, 0.05) is 0 Å². The summed E-state index contributed by atoms with van der Waals surface area (Å²) in [7, 11) is 0. The van der Waals surface area contributed by atoms with Gasteiger partial charge in [-0.3, -0.25) is 4.79 Å². The van der Waals surface area contributed by atoms with Gasteiger partial charge in [0.15, 0.2) is 0 Å². The van der Waals surface area contributed by atoms with Gasteiger partial charge in [-0.1, -0.05) is 32.1 Å². The smallest absolute Gasteiger partial charge is 0.306 e. The molecule has 0 aliphatic carbocycles. The molecular weight excluding hydrogens is 192 g/mol. The van der Waals surface area contributed by atoms with Gasteiger partial charge in [-0.25, -0.2) is 0 Å². The van der Waals surface area contributed by atoms with Crippen LogP contribution in [0.3, 0.4) is 0 Å². The summed E-state index contributed by atoms with van der Waals surface area (Å²) in [6.07, 6.45) is 2.39. The largest absolute Gasteiger partial charge is 0.481 e. The first-order valence-electron chi connectivity index (χ1n) is 5.15. The predicted molar refractivity (Wildman–Crippen MR) is 60.6 cm³/mol. The Kier molecular flexibility index (Phi) is 5.94. The normalized spacial score (nSPS) is 15.9. The standard InChI is InChI=1S/C12H20O3/c1-5-11(13)9(3)6-8(2)7-10(4)12(14)15/h6,10-11,13H,2,5,7H2,1,3-4H3,(H,14,15)/b9-6+/t10-,11-/m0/s1. The van der Waals surface area contributed by atoms with Crippen LogP contribution in [-0.2, 0) is 4.79 Å². The highest BCUT2D eigenvalue weighted by Gasteiger charge is 2.11. The summed E-state index contributed by atoms with van der Waals surface area (Å²) >= 11 is 0. The lowest BCUT2D eigenvalue weighted by Crippen LogP contribution is -2.10. The van der Waals surface area contributed by atoms with Gasteiger partial charge in [-0.15, -0.1) is 0 Å². The summed E-state index contributed by atoms with van der Waals surface area (Å²) in [4.78, 5) is 10.6. The maximum absolute atomic E-state index is 10.6. The molecule has 2 N–H and O–H groups in total. The highest BCUT2D eigenvalue weighted by molar-refractivity contribution is 5.70. The second kappa shape index (κ2) is 6.40. The summed E-state index contributed by atoms with van der Waals surface area (Å²) in [6.45, 7) is 9.15. The number of aliphatic hydroxyl groups excluding tert-OH is 1. The Morgan fingerprint density at radius 2 is 2.07 bits per heavy atom. The van der Waals surface area contributed by atoms with E-state index in [2.05, 4.69) is 6.58 Å². The van der Waals surface area contributed by atoms with Gasteiger partial charge < -0.3 is 10.2 Å². The Bertz CT molecular complexity index is 266. The second-order valence-corrected chi connectivity index (χ2v) is 3.91. The van der Waals surface area contributed by atoms with Crippen LogP contribution < -0.4 is 0 Å². The van der Waals surface area contributed by atoms with Crippen LogP contribution in [0, 0.1) is 5.92 Å². The lowest BCUT2D eigenvalue weighted by molar-refractivity contribution is -0.141. The lowest BCUT2D eigenvalue weighted by atomic mass is 9.99. The molecule has 86 valence electrons. The molecule has 0 aromatic rings. The number of carboxylic acids is 1. The molecule has 0 radical (unpaired) electrons. The quantitative estimate of drug-likeness (QED) is 0.664. The first-order valence-corrected chi connectivity index (χ1v) is 5.15. The number of allylic oxidation sites excluding steroid dienone is 2. The molecule has 2 atom stereocenters. The minimum absolute atomic E-state index is 0.420. The number of carbonyl (C=O) groups is 1. The van der Waals surface area contributed by atoms with Crippen LogP contribution >= 0.6 is 0 Å². The lowest BCUT2D eigenvalue weighted by Gasteiger charge is -2.10. The van der Waals surface area contributed by atoms with Crippen molar-refractivity contribution in [1.29, 1.82) is 0 Å². The Morgan fingerprint density at radius 3 is 2.47 bits per heavy atom. The Labute approximate surface area is 91.1 Å². The minimum Gasteiger partial charge on any atom is -0.481 e. The van der Waals surface area contributed by atoms with E-state index in [1.54, 1.807) is 13.0 Å². The van der Waals surface area contributed by atoms with E-state index in [1.807, 2.05) is 13.8 Å². The maximum atomic E-state index is 10.6. The average molecular weight is 212 g/mol. The van der Waals surface area contributed by atoms with Crippen molar-refractivity contribution in [1.82, 2.24) is 0 Å². The van der Waals surface area contributed by atoms with Crippen molar-refractivity contribution in [3.63, 3.8) is 0 Å². The number of rotatable bonds is 6. The Hall–Kier alpha value is -1.09. The van der Waals surface area contributed by atoms with Crippen molar-refractivity contribution in [3.05, 3.63) is 23.8 Å². The van der Waals surface area contributed by atoms with E-state index in [0.29, 0.717) is 12.8 Å². The fourth-order valence-corrected chi connectivity index (χ4v) is 1.28. The molecule has 0 heterocycles. The molecular formula is C12H20O3. The Balaban J connectivity index is 4.30. The highest BCUT2D eigenvalue weighted by Crippen LogP contribution is 2.15. The van der Waals surface area contributed by atoms with Crippen molar-refractivity contribution < 1.29 is 15.0 Å². The zero-order chi connectivity index (χ0) is 12.0. The number of hydrogen-bond acceptors (Lipinski definition) is 2. The molecule has 0 fully saturated rings. The topological polar surface area (TPSA) is 57.5 Å². The SMILES string of the molecule is C=C(/C=C(\C)[C@@H](O)CC)C[C@H](C)C(=O)O. The van der Waals surface area contributed by atoms with Crippen molar-refractivity contribution in [2.24, 2.45) is 5.92 Å². The van der Waals surface area contributed by atoms with E-state index in [9.17, 15) is 9.90 Å². The fraction of sp³-hybridized carbons (Fsp3) is 0.583. The van der Waals surface area contributed by atoms with Crippen LogP contribution in [0.5, 0.6) is 0 Å². The van der Waals surface area contributed by atoms with Crippen molar-refractivity contribution in [3.8, 4) is 0 Å². The minimum atomic E-state index is -0.821. The molecule has 0 aliphatic heterocycles. The summed E-state index contributed by atoms with van der Waals surface area (Å²) < 4.78 is 0. The third kappa shape index (κ3) is 5.37. The van der Waals surface area contributed by atoms with Gasteiger partial charge >= 0.3 is 5.97 Å². The van der Waals surface area contributed by atoms with Gasteiger partial charge in [0.1, 0.15) is 0 Å². The zero-order valence-corrected chi connectivity index (χ0v) is 9.66. The highest BCUT2D eigenvalue weighted by atomic mass is 16.4. The summed E-state index contributed by atoms with van der Waals surface area (Å²) in [5, 5.41) is 18.2. The predicted octanol–water partition coefficient (Wildman–Crippen LogP) is 2.37. The first kappa shape index (κ1) is 13.9. The van der Waals surface area contributed by atoms with Gasteiger partial charge in [-0.2, -0.15) is 0 Å². The molecule has 0 aromatic carbocycles. The maximum Gasteiger partial charge on any atom is 0.306 e. The summed E-state index contributed by atoms with van der Waals surface area (Å²) in [5.74, 6) is -1.25. The van der Waals surface area contributed by atoms with Crippen LogP contribution in [-0.4, -0.2) is 22.3 Å². The van der Waals surface area contributed by atoms with Gasteiger partial charge in [0.05, 0.1) is 12.0 Å². The first-order chi connectivity index (χ1) is 6.88. The molecule has 0 bridgehead atoms. The van der Waals surface area contributed by atoms with Gasteiger partial charge in [-0.05, 0) is 25.3 Å². The molecule has 0 unspecified atom stereocenters. The van der Waals surface area contributed by atoms with Crippen LogP contribution in [0.2, 0.25) is 0 Å². The second-order valence-electron chi connectivity index (χ2n) is 3.91. The van der Waals surface area contributed by atoms with Crippen LogP contribution in [0.25, 0.3) is 0 Å². The molecule has 0 saturated carbocycles. The average Bonchev–Trinajstić information content (AvgIpc) is 2.15.